The maximum absolute atomic E-state index is 6.44. The van der Waals surface area contributed by atoms with Gasteiger partial charge in [0.15, 0.2) is 17.5 Å². The molecule has 210 valence electrons. The molecule has 0 saturated heterocycles. The third-order valence-corrected chi connectivity index (χ3v) is 8.51. The lowest BCUT2D eigenvalue weighted by atomic mass is 10.00. The van der Waals surface area contributed by atoms with E-state index in [2.05, 4.69) is 103 Å². The molecule has 0 aliphatic carbocycles. The second-order valence-corrected chi connectivity index (χ2v) is 11.3. The van der Waals surface area contributed by atoms with Gasteiger partial charge in [-0.1, -0.05) is 127 Å². The normalized spacial score (nSPS) is 11.6. The van der Waals surface area contributed by atoms with Crippen LogP contribution < -0.4 is 0 Å². The lowest BCUT2D eigenvalue weighted by molar-refractivity contribution is 0.670. The molecule has 0 aliphatic heterocycles. The highest BCUT2D eigenvalue weighted by Gasteiger charge is 2.16. The summed E-state index contributed by atoms with van der Waals surface area (Å²) in [7, 11) is 0. The molecule has 9 aromatic rings. The summed E-state index contributed by atoms with van der Waals surface area (Å²) in [5, 5.41) is 6.87. The zero-order chi connectivity index (χ0) is 29.7. The van der Waals surface area contributed by atoms with Gasteiger partial charge in [-0.05, 0) is 51.4 Å². The number of rotatable bonds is 4. The Balaban J connectivity index is 1.24. The van der Waals surface area contributed by atoms with E-state index in [1.165, 1.54) is 21.5 Å². The van der Waals surface area contributed by atoms with E-state index in [-0.39, 0.29) is 0 Å². The van der Waals surface area contributed by atoms with Crippen molar-refractivity contribution >= 4 is 43.5 Å². The van der Waals surface area contributed by atoms with Crippen LogP contribution in [-0.4, -0.2) is 15.0 Å². The summed E-state index contributed by atoms with van der Waals surface area (Å²) in [5.74, 6) is 1.89. The molecular formula is C41H25N3O. The Bertz CT molecular complexity index is 2540. The molecule has 0 spiro atoms. The highest BCUT2D eigenvalue weighted by atomic mass is 16.3. The molecule has 0 aliphatic rings. The van der Waals surface area contributed by atoms with Gasteiger partial charge in [0.25, 0.3) is 0 Å². The number of hydrogen-bond acceptors (Lipinski definition) is 4. The minimum atomic E-state index is 0.618. The molecule has 0 N–H and O–H groups in total. The zero-order valence-corrected chi connectivity index (χ0v) is 24.2. The largest absolute Gasteiger partial charge is 0.455 e. The monoisotopic (exact) mass is 575 g/mol. The van der Waals surface area contributed by atoms with Crippen molar-refractivity contribution < 1.29 is 4.42 Å². The Morgan fingerprint density at radius 2 is 0.911 bits per heavy atom. The average Bonchev–Trinajstić information content (AvgIpc) is 3.50. The summed E-state index contributed by atoms with van der Waals surface area (Å²) < 4.78 is 6.44. The minimum absolute atomic E-state index is 0.618. The molecule has 0 bridgehead atoms. The number of fused-ring (bicyclic) bond motifs is 6. The quantitative estimate of drug-likeness (QED) is 0.196. The number of benzene rings is 7. The Morgan fingerprint density at radius 1 is 0.356 bits per heavy atom. The molecule has 7 aromatic carbocycles. The third-order valence-electron chi connectivity index (χ3n) is 8.51. The lowest BCUT2D eigenvalue weighted by Gasteiger charge is -2.10. The Kier molecular flexibility index (Phi) is 5.78. The van der Waals surface area contributed by atoms with Crippen molar-refractivity contribution in [2.75, 3.05) is 0 Å². The van der Waals surface area contributed by atoms with E-state index < -0.39 is 0 Å². The number of para-hydroxylation sites is 1. The predicted molar refractivity (Wildman–Crippen MR) is 184 cm³/mol. The second-order valence-electron chi connectivity index (χ2n) is 11.3. The highest BCUT2D eigenvalue weighted by molar-refractivity contribution is 6.11. The van der Waals surface area contributed by atoms with Crippen molar-refractivity contribution in [3.8, 4) is 45.3 Å². The van der Waals surface area contributed by atoms with Crippen LogP contribution in [0.15, 0.2) is 156 Å². The van der Waals surface area contributed by atoms with Crippen LogP contribution in [0.25, 0.3) is 88.8 Å². The first-order valence-corrected chi connectivity index (χ1v) is 15.0. The van der Waals surface area contributed by atoms with Gasteiger partial charge < -0.3 is 4.42 Å². The van der Waals surface area contributed by atoms with E-state index in [1.807, 2.05) is 48.5 Å². The van der Waals surface area contributed by atoms with Crippen LogP contribution in [0.3, 0.4) is 0 Å². The number of nitrogens with zero attached hydrogens (tertiary/aromatic N) is 3. The molecule has 45 heavy (non-hydrogen) atoms. The van der Waals surface area contributed by atoms with Gasteiger partial charge >= 0.3 is 0 Å². The predicted octanol–water partition coefficient (Wildman–Crippen LogP) is 10.7. The first kappa shape index (κ1) is 25.4. The molecule has 2 aromatic heterocycles. The molecular weight excluding hydrogens is 550 g/mol. The van der Waals surface area contributed by atoms with Gasteiger partial charge in [-0.3, -0.25) is 0 Å². The molecule has 0 amide bonds. The van der Waals surface area contributed by atoms with Crippen LogP contribution in [0, 0.1) is 0 Å². The molecule has 4 heteroatoms. The van der Waals surface area contributed by atoms with Crippen LogP contribution in [-0.2, 0) is 0 Å². The van der Waals surface area contributed by atoms with E-state index in [0.29, 0.717) is 17.5 Å². The fraction of sp³-hybridized carbons (Fsp3) is 0. The number of hydrogen-bond donors (Lipinski definition) is 0. The fourth-order valence-corrected chi connectivity index (χ4v) is 6.27. The molecule has 0 atom stereocenters. The molecule has 0 saturated carbocycles. The Hall–Kier alpha value is -6.13. The number of aromatic nitrogens is 3. The highest BCUT2D eigenvalue weighted by Crippen LogP contribution is 2.38. The summed E-state index contributed by atoms with van der Waals surface area (Å²) >= 11 is 0. The first-order chi connectivity index (χ1) is 22.3. The van der Waals surface area contributed by atoms with Gasteiger partial charge in [0, 0.05) is 33.0 Å². The van der Waals surface area contributed by atoms with Crippen LogP contribution in [0.1, 0.15) is 0 Å². The molecule has 2 heterocycles. The average molecular weight is 576 g/mol. The molecule has 9 rings (SSSR count). The summed E-state index contributed by atoms with van der Waals surface area (Å²) in [6.45, 7) is 0. The lowest BCUT2D eigenvalue weighted by Crippen LogP contribution is -2.00. The van der Waals surface area contributed by atoms with Gasteiger partial charge in [0.1, 0.15) is 11.2 Å². The van der Waals surface area contributed by atoms with Crippen molar-refractivity contribution in [1.82, 2.24) is 15.0 Å². The van der Waals surface area contributed by atoms with Crippen LogP contribution >= 0.6 is 0 Å². The Morgan fingerprint density at radius 3 is 1.67 bits per heavy atom. The van der Waals surface area contributed by atoms with Crippen molar-refractivity contribution in [1.29, 1.82) is 0 Å². The second kappa shape index (κ2) is 10.2. The summed E-state index contributed by atoms with van der Waals surface area (Å²) in [5.41, 5.74) is 6.70. The van der Waals surface area contributed by atoms with E-state index in [0.717, 1.165) is 49.8 Å². The van der Waals surface area contributed by atoms with Gasteiger partial charge in [-0.15, -0.1) is 0 Å². The topological polar surface area (TPSA) is 51.8 Å². The summed E-state index contributed by atoms with van der Waals surface area (Å²) in [6.07, 6.45) is 0. The van der Waals surface area contributed by atoms with Crippen molar-refractivity contribution in [3.63, 3.8) is 0 Å². The molecule has 0 fully saturated rings. The standard InChI is InChI=1S/C41H25N3O/c1-3-10-26(11-4-1)33-16-9-17-34-36-25-31(22-23-37(36)45-38(33)34)41-43-39(29-13-5-2-6-14-29)42-40(44-41)30-21-20-28-19-18-27-12-7-8-15-32(27)35(28)24-30/h1-25H. The SMILES string of the molecule is c1ccc(-c2nc(-c3ccc4ccc5ccccc5c4c3)nc(-c3ccc4oc5c(-c6ccccc6)cccc5c4c3)n2)cc1. The van der Waals surface area contributed by atoms with Gasteiger partial charge in [0.05, 0.1) is 0 Å². The van der Waals surface area contributed by atoms with E-state index in [9.17, 15) is 0 Å². The van der Waals surface area contributed by atoms with Gasteiger partial charge in [-0.2, -0.15) is 0 Å². The van der Waals surface area contributed by atoms with Crippen molar-refractivity contribution in [3.05, 3.63) is 152 Å². The van der Waals surface area contributed by atoms with Crippen molar-refractivity contribution in [2.45, 2.75) is 0 Å². The van der Waals surface area contributed by atoms with E-state index in [4.69, 9.17) is 19.4 Å². The Labute approximate surface area is 259 Å². The van der Waals surface area contributed by atoms with Crippen LogP contribution in [0.5, 0.6) is 0 Å². The maximum atomic E-state index is 6.44. The molecule has 4 nitrogen and oxygen atoms in total. The van der Waals surface area contributed by atoms with Gasteiger partial charge in [0.2, 0.25) is 0 Å². The first-order valence-electron chi connectivity index (χ1n) is 15.0. The molecule has 0 radical (unpaired) electrons. The maximum Gasteiger partial charge on any atom is 0.164 e. The third kappa shape index (κ3) is 4.35. The van der Waals surface area contributed by atoms with Crippen LogP contribution in [0.2, 0.25) is 0 Å². The number of furan rings is 1. The van der Waals surface area contributed by atoms with Crippen LogP contribution in [0.4, 0.5) is 0 Å². The van der Waals surface area contributed by atoms with E-state index >= 15 is 0 Å². The fourth-order valence-electron chi connectivity index (χ4n) is 6.27. The molecule has 0 unspecified atom stereocenters. The summed E-state index contributed by atoms with van der Waals surface area (Å²) in [6, 6.07) is 52.2. The zero-order valence-electron chi connectivity index (χ0n) is 24.2. The van der Waals surface area contributed by atoms with Gasteiger partial charge in [-0.25, -0.2) is 15.0 Å². The summed E-state index contributed by atoms with van der Waals surface area (Å²) in [4.78, 5) is 15.1. The minimum Gasteiger partial charge on any atom is -0.455 e. The van der Waals surface area contributed by atoms with E-state index in [1.54, 1.807) is 0 Å². The van der Waals surface area contributed by atoms with Crippen molar-refractivity contribution in [2.24, 2.45) is 0 Å². The smallest absolute Gasteiger partial charge is 0.164 e.